The normalized spacial score (nSPS) is 18.0. The number of halogens is 1. The lowest BCUT2D eigenvalue weighted by Gasteiger charge is -2.31. The molecule has 4 N–H and O–H groups in total. The van der Waals surface area contributed by atoms with Gasteiger partial charge in [0.1, 0.15) is 17.2 Å². The van der Waals surface area contributed by atoms with E-state index in [4.69, 9.17) is 0 Å². The fraction of sp³-hybridized carbons (Fsp3) is 0.320. The second-order valence-electron chi connectivity index (χ2n) is 9.03. The van der Waals surface area contributed by atoms with Crippen LogP contribution in [-0.4, -0.2) is 26.5 Å². The van der Waals surface area contributed by atoms with E-state index in [1.54, 1.807) is 44.2 Å². The number of aryl methyl sites for hydroxylation is 2. The molecule has 0 saturated heterocycles. The summed E-state index contributed by atoms with van der Waals surface area (Å²) in [7, 11) is -4.03. The Kier molecular flexibility index (Phi) is 7.11. The second kappa shape index (κ2) is 10.1. The zero-order chi connectivity index (χ0) is 26.0. The fourth-order valence-corrected chi connectivity index (χ4v) is 5.61. The van der Waals surface area contributed by atoms with Crippen LogP contribution in [0.25, 0.3) is 0 Å². The van der Waals surface area contributed by atoms with Gasteiger partial charge in [-0.15, -0.1) is 0 Å². The first-order valence-corrected chi connectivity index (χ1v) is 13.1. The highest BCUT2D eigenvalue weighted by Crippen LogP contribution is 2.26. The maximum Gasteiger partial charge on any atom is 0.319 e. The van der Waals surface area contributed by atoms with Crippen LogP contribution < -0.4 is 31.5 Å². The maximum atomic E-state index is 13.7. The molecule has 3 aromatic carbocycles. The van der Waals surface area contributed by atoms with Crippen molar-refractivity contribution in [1.82, 2.24) is 5.32 Å². The molecule has 9 nitrogen and oxygen atoms in total. The average Bonchev–Trinajstić information content (AvgIpc) is 2.84. The summed E-state index contributed by atoms with van der Waals surface area (Å²) in [6.07, 6.45) is 2.39. The van der Waals surface area contributed by atoms with Crippen molar-refractivity contribution < 1.29 is 17.6 Å². The van der Waals surface area contributed by atoms with Crippen LogP contribution in [0.15, 0.2) is 56.9 Å². The number of carbonyl (C=O) groups is 1. The summed E-state index contributed by atoms with van der Waals surface area (Å²) in [6.45, 7) is 3.28. The molecule has 0 atom stereocenters. The Bertz CT molecular complexity index is 1470. The summed E-state index contributed by atoms with van der Waals surface area (Å²) < 4.78 is 41.4. The van der Waals surface area contributed by atoms with Gasteiger partial charge in [-0.25, -0.2) is 17.6 Å². The Hall–Kier alpha value is -3.73. The van der Waals surface area contributed by atoms with Crippen molar-refractivity contribution in [2.45, 2.75) is 56.5 Å². The lowest BCUT2D eigenvalue weighted by Crippen LogP contribution is -2.44. The third-order valence-corrected chi connectivity index (χ3v) is 7.88. The third-order valence-electron chi connectivity index (χ3n) is 6.37. The van der Waals surface area contributed by atoms with Gasteiger partial charge >= 0.3 is 6.03 Å². The first-order valence-electron chi connectivity index (χ1n) is 11.6. The molecular weight excluding hydrogens is 487 g/mol. The first kappa shape index (κ1) is 25.4. The van der Waals surface area contributed by atoms with Crippen molar-refractivity contribution in [3.05, 3.63) is 79.9 Å². The molecule has 190 valence electrons. The Morgan fingerprint density at radius 2 is 1.53 bits per heavy atom. The van der Waals surface area contributed by atoms with Crippen molar-refractivity contribution in [1.29, 1.82) is 0 Å². The summed E-state index contributed by atoms with van der Waals surface area (Å²) >= 11 is 0. The molecule has 2 amide bonds. The second-order valence-corrected chi connectivity index (χ2v) is 10.7. The Morgan fingerprint density at radius 1 is 0.889 bits per heavy atom. The molecule has 0 unspecified atom stereocenters. The van der Waals surface area contributed by atoms with Gasteiger partial charge in [0.2, 0.25) is 0 Å². The van der Waals surface area contributed by atoms with E-state index in [-0.39, 0.29) is 28.4 Å². The lowest BCUT2D eigenvalue weighted by molar-refractivity contribution is 0.243. The molecular formula is C25H27FN4O5S. The molecule has 11 heteroatoms. The Balaban J connectivity index is 1.33. The van der Waals surface area contributed by atoms with E-state index >= 15 is 0 Å². The number of carbonyl (C=O) groups excluding carboxylic acids is 1. The first-order chi connectivity index (χ1) is 17.0. The smallest absolute Gasteiger partial charge is 0.319 e. The number of anilines is 3. The number of hydrogen-bond acceptors (Lipinski definition) is 6. The molecule has 1 aliphatic carbocycles. The van der Waals surface area contributed by atoms with Crippen LogP contribution in [-0.2, 0) is 10.0 Å². The monoisotopic (exact) mass is 514 g/mol. The minimum absolute atomic E-state index is 0.0298. The molecule has 0 bridgehead atoms. The molecule has 0 radical (unpaired) electrons. The molecule has 36 heavy (non-hydrogen) atoms. The minimum Gasteiger partial charge on any atom is -0.377 e. The van der Waals surface area contributed by atoms with Crippen LogP contribution in [0.3, 0.4) is 0 Å². The lowest BCUT2D eigenvalue weighted by atomic mass is 9.91. The molecule has 3 aromatic rings. The number of benzene rings is 2. The zero-order valence-electron chi connectivity index (χ0n) is 19.9. The van der Waals surface area contributed by atoms with E-state index in [2.05, 4.69) is 20.7 Å². The Morgan fingerprint density at radius 3 is 2.19 bits per heavy atom. The summed E-state index contributed by atoms with van der Waals surface area (Å²) in [4.78, 5) is 36.6. The van der Waals surface area contributed by atoms with E-state index in [1.807, 2.05) is 0 Å². The standard InChI is InChI=1S/C25H27FN4O5S/c1-14-7-8-18(13-19(14)26)29-25(33)28-17-11-9-16(10-12-17)27-21-22(24(32)23(21)31)30-36(34,35)20-6-4-3-5-15(20)2/h3-8,13,16-17,27,30H,9-12H2,1-2H3,(H2,28,29,33). The van der Waals surface area contributed by atoms with Gasteiger partial charge in [0.25, 0.3) is 20.9 Å². The van der Waals surface area contributed by atoms with Crippen LogP contribution >= 0.6 is 0 Å². The number of nitrogens with one attached hydrogen (secondary N) is 4. The van der Waals surface area contributed by atoms with Gasteiger partial charge < -0.3 is 16.0 Å². The molecule has 4 rings (SSSR count). The van der Waals surface area contributed by atoms with Crippen LogP contribution in [0.2, 0.25) is 0 Å². The topological polar surface area (TPSA) is 133 Å². The van der Waals surface area contributed by atoms with Crippen molar-refractivity contribution in [3.8, 4) is 0 Å². The molecule has 0 spiro atoms. The number of amides is 2. The highest BCUT2D eigenvalue weighted by Gasteiger charge is 2.30. The average molecular weight is 515 g/mol. The predicted octanol–water partition coefficient (Wildman–Crippen LogP) is 3.38. The summed E-state index contributed by atoms with van der Waals surface area (Å²) in [5.74, 6) is -0.404. The number of rotatable bonds is 7. The van der Waals surface area contributed by atoms with Gasteiger partial charge in [-0.05, 0) is 68.9 Å². The molecule has 1 aliphatic rings. The van der Waals surface area contributed by atoms with Gasteiger partial charge in [-0.3, -0.25) is 14.3 Å². The van der Waals surface area contributed by atoms with Crippen LogP contribution in [0.4, 0.5) is 26.2 Å². The predicted molar refractivity (Wildman–Crippen MR) is 136 cm³/mol. The molecule has 0 aliphatic heterocycles. The number of sulfonamides is 1. The summed E-state index contributed by atoms with van der Waals surface area (Å²) in [5, 5.41) is 8.48. The third kappa shape index (κ3) is 5.40. The van der Waals surface area contributed by atoms with Crippen LogP contribution in [0.1, 0.15) is 36.8 Å². The molecule has 1 saturated carbocycles. The summed E-state index contributed by atoms with van der Waals surface area (Å²) in [5.41, 5.74) is -0.579. The van der Waals surface area contributed by atoms with E-state index in [0.717, 1.165) is 0 Å². The van der Waals surface area contributed by atoms with Crippen molar-refractivity contribution in [3.63, 3.8) is 0 Å². The SMILES string of the molecule is Cc1ccc(NC(=O)NC2CCC(Nc3c(NS(=O)(=O)c4ccccc4C)c(=O)c3=O)CC2)cc1F. The summed E-state index contributed by atoms with van der Waals surface area (Å²) in [6, 6.07) is 10.1. The van der Waals surface area contributed by atoms with Crippen molar-refractivity contribution in [2.75, 3.05) is 15.4 Å². The van der Waals surface area contributed by atoms with Gasteiger partial charge in [-0.1, -0.05) is 24.3 Å². The van der Waals surface area contributed by atoms with E-state index < -0.39 is 32.7 Å². The Labute approximate surface area is 207 Å². The molecule has 1 fully saturated rings. The van der Waals surface area contributed by atoms with Crippen LogP contribution in [0, 0.1) is 19.7 Å². The van der Waals surface area contributed by atoms with Crippen LogP contribution in [0.5, 0.6) is 0 Å². The molecule has 0 heterocycles. The maximum absolute atomic E-state index is 13.7. The zero-order valence-corrected chi connectivity index (χ0v) is 20.7. The van der Waals surface area contributed by atoms with E-state index in [1.165, 1.54) is 12.1 Å². The van der Waals surface area contributed by atoms with Gasteiger partial charge in [0, 0.05) is 17.8 Å². The number of hydrogen-bond donors (Lipinski definition) is 4. The van der Waals surface area contributed by atoms with Gasteiger partial charge in [0.15, 0.2) is 0 Å². The molecule has 0 aromatic heterocycles. The number of urea groups is 1. The highest BCUT2D eigenvalue weighted by molar-refractivity contribution is 7.92. The van der Waals surface area contributed by atoms with E-state index in [0.29, 0.717) is 42.5 Å². The van der Waals surface area contributed by atoms with Gasteiger partial charge in [0.05, 0.1) is 4.90 Å². The largest absolute Gasteiger partial charge is 0.377 e. The minimum atomic E-state index is -4.03. The van der Waals surface area contributed by atoms with Crippen molar-refractivity contribution >= 4 is 33.1 Å². The van der Waals surface area contributed by atoms with E-state index in [9.17, 15) is 27.2 Å². The van der Waals surface area contributed by atoms with Gasteiger partial charge in [-0.2, -0.15) is 0 Å². The highest BCUT2D eigenvalue weighted by atomic mass is 32.2. The fourth-order valence-electron chi connectivity index (χ4n) is 4.28. The van der Waals surface area contributed by atoms with Crippen molar-refractivity contribution in [2.24, 2.45) is 0 Å². The quantitative estimate of drug-likeness (QED) is 0.357.